The summed E-state index contributed by atoms with van der Waals surface area (Å²) in [4.78, 5) is 31.3. The van der Waals surface area contributed by atoms with E-state index in [9.17, 15) is 14.7 Å². The summed E-state index contributed by atoms with van der Waals surface area (Å²) in [5.74, 6) is -1.52. The van der Waals surface area contributed by atoms with E-state index in [4.69, 9.17) is 21.1 Å². The molecular weight excluding hydrogens is 408 g/mol. The molecule has 1 aliphatic rings. The average Bonchev–Trinajstić information content (AvgIpc) is 2.98. The first kappa shape index (κ1) is 21.8. The molecule has 0 bridgehead atoms. The number of carbonyl (C=O) groups excluding carboxylic acids is 2. The van der Waals surface area contributed by atoms with Gasteiger partial charge in [0.25, 0.3) is 11.7 Å². The van der Waals surface area contributed by atoms with E-state index in [1.165, 1.54) is 12.0 Å². The smallest absolute Gasteiger partial charge is 0.295 e. The van der Waals surface area contributed by atoms with Crippen LogP contribution < -0.4 is 4.74 Å². The maximum Gasteiger partial charge on any atom is 0.295 e. The van der Waals surface area contributed by atoms with Crippen molar-refractivity contribution in [1.82, 2.24) is 9.88 Å². The average molecular weight is 431 g/mol. The summed E-state index contributed by atoms with van der Waals surface area (Å²) in [6, 6.07) is 6.04. The fourth-order valence-electron chi connectivity index (χ4n) is 3.64. The third-order valence-corrected chi connectivity index (χ3v) is 5.24. The van der Waals surface area contributed by atoms with Gasteiger partial charge in [0.2, 0.25) is 0 Å². The molecule has 8 heteroatoms. The van der Waals surface area contributed by atoms with Crippen LogP contribution >= 0.6 is 11.6 Å². The number of amides is 1. The van der Waals surface area contributed by atoms with Crippen molar-refractivity contribution < 1.29 is 24.2 Å². The zero-order chi connectivity index (χ0) is 21.8. The number of methoxy groups -OCH3 is 2. The maximum atomic E-state index is 13.0. The number of aliphatic hydroxyl groups excluding tert-OH is 1. The summed E-state index contributed by atoms with van der Waals surface area (Å²) in [7, 11) is 3.00. The number of ether oxygens (including phenoxy) is 2. The quantitative estimate of drug-likeness (QED) is 0.313. The number of benzene rings is 1. The molecule has 0 aliphatic carbocycles. The highest BCUT2D eigenvalue weighted by atomic mass is 35.5. The molecule has 1 amide bonds. The van der Waals surface area contributed by atoms with Crippen LogP contribution in [0.3, 0.4) is 0 Å². The molecule has 1 aromatic carbocycles. The van der Waals surface area contributed by atoms with Gasteiger partial charge in [-0.15, -0.1) is 0 Å². The van der Waals surface area contributed by atoms with Crippen LogP contribution in [0.15, 0.2) is 42.2 Å². The van der Waals surface area contributed by atoms with Crippen molar-refractivity contribution in [3.05, 3.63) is 63.9 Å². The number of rotatable bonds is 7. The zero-order valence-electron chi connectivity index (χ0n) is 17.0. The van der Waals surface area contributed by atoms with Crippen LogP contribution in [-0.4, -0.2) is 54.1 Å². The Kier molecular flexibility index (Phi) is 6.74. The van der Waals surface area contributed by atoms with Gasteiger partial charge < -0.3 is 19.5 Å². The number of hydrogen-bond donors (Lipinski definition) is 1. The van der Waals surface area contributed by atoms with Gasteiger partial charge in [-0.3, -0.25) is 14.6 Å². The Morgan fingerprint density at radius 3 is 2.57 bits per heavy atom. The number of aryl methyl sites for hydroxylation is 1. The summed E-state index contributed by atoms with van der Waals surface area (Å²) in [6.45, 7) is 2.55. The van der Waals surface area contributed by atoms with Gasteiger partial charge in [0, 0.05) is 32.7 Å². The second-order valence-corrected chi connectivity index (χ2v) is 7.35. The van der Waals surface area contributed by atoms with Crippen LogP contribution in [0.2, 0.25) is 5.02 Å². The lowest BCUT2D eigenvalue weighted by Gasteiger charge is -2.25. The molecule has 1 fully saturated rings. The van der Waals surface area contributed by atoms with Crippen LogP contribution in [0.1, 0.15) is 29.2 Å². The Morgan fingerprint density at radius 1 is 1.23 bits per heavy atom. The predicted octanol–water partition coefficient (Wildman–Crippen LogP) is 3.51. The van der Waals surface area contributed by atoms with Crippen LogP contribution in [0.4, 0.5) is 0 Å². The first-order valence-electron chi connectivity index (χ1n) is 9.42. The van der Waals surface area contributed by atoms with Gasteiger partial charge in [-0.1, -0.05) is 11.6 Å². The molecule has 158 valence electrons. The highest BCUT2D eigenvalue weighted by molar-refractivity contribution is 6.46. The predicted molar refractivity (Wildman–Crippen MR) is 112 cm³/mol. The third kappa shape index (κ3) is 4.04. The molecule has 1 aliphatic heterocycles. The third-order valence-electron chi connectivity index (χ3n) is 4.96. The minimum Gasteiger partial charge on any atom is -0.507 e. The Balaban J connectivity index is 2.20. The van der Waals surface area contributed by atoms with Crippen molar-refractivity contribution in [3.63, 3.8) is 0 Å². The van der Waals surface area contributed by atoms with Crippen molar-refractivity contribution in [1.29, 1.82) is 0 Å². The Bertz CT molecular complexity index is 991. The molecule has 1 atom stereocenters. The number of carbonyl (C=O) groups is 2. The van der Waals surface area contributed by atoms with Gasteiger partial charge in [-0.2, -0.15) is 0 Å². The number of likely N-dealkylation sites (tertiary alicyclic amines) is 1. The van der Waals surface area contributed by atoms with Crippen LogP contribution in [0, 0.1) is 6.92 Å². The molecule has 1 saturated heterocycles. The highest BCUT2D eigenvalue weighted by Gasteiger charge is 2.46. The molecule has 1 N–H and O–H groups in total. The lowest BCUT2D eigenvalue weighted by molar-refractivity contribution is -0.140. The van der Waals surface area contributed by atoms with E-state index < -0.39 is 17.7 Å². The van der Waals surface area contributed by atoms with Crippen molar-refractivity contribution in [2.45, 2.75) is 19.4 Å². The second-order valence-electron chi connectivity index (χ2n) is 6.95. The number of hydrogen-bond acceptors (Lipinski definition) is 6. The zero-order valence-corrected chi connectivity index (χ0v) is 17.8. The molecule has 1 aromatic heterocycles. The molecule has 3 rings (SSSR count). The van der Waals surface area contributed by atoms with Crippen LogP contribution in [-0.2, 0) is 14.3 Å². The van der Waals surface area contributed by atoms with Crippen LogP contribution in [0.25, 0.3) is 5.76 Å². The number of aliphatic hydroxyl groups is 1. The molecular formula is C22H23ClN2O5. The van der Waals surface area contributed by atoms with E-state index in [0.717, 1.165) is 5.56 Å². The number of halogens is 1. The van der Waals surface area contributed by atoms with E-state index in [1.54, 1.807) is 43.8 Å². The molecule has 0 saturated carbocycles. The van der Waals surface area contributed by atoms with Gasteiger partial charge in [-0.25, -0.2) is 0 Å². The van der Waals surface area contributed by atoms with E-state index in [1.807, 2.05) is 6.92 Å². The minimum absolute atomic E-state index is 0.0106. The van der Waals surface area contributed by atoms with Crippen LogP contribution in [0.5, 0.6) is 5.75 Å². The summed E-state index contributed by atoms with van der Waals surface area (Å²) >= 11 is 6.27. The van der Waals surface area contributed by atoms with Gasteiger partial charge in [0.1, 0.15) is 11.5 Å². The summed E-state index contributed by atoms with van der Waals surface area (Å²) in [6.07, 6.45) is 3.70. The normalized spacial score (nSPS) is 18.1. The molecule has 0 spiro atoms. The van der Waals surface area contributed by atoms with Gasteiger partial charge >= 0.3 is 0 Å². The fraction of sp³-hybridized carbons (Fsp3) is 0.318. The molecule has 1 unspecified atom stereocenters. The first-order chi connectivity index (χ1) is 14.4. The molecule has 7 nitrogen and oxygen atoms in total. The summed E-state index contributed by atoms with van der Waals surface area (Å²) < 4.78 is 10.4. The Morgan fingerprint density at radius 2 is 1.93 bits per heavy atom. The standard InChI is InChI=1S/C22H23ClN2O5/c1-13-11-15(21(30-3)16(23)12-13)19(26)17-18(14-5-7-24-8-6-14)25(9-4-10-29-2)22(28)20(17)27/h5-8,11-12,18,26H,4,9-10H2,1-3H3/b19-17+. The van der Waals surface area contributed by atoms with Crippen molar-refractivity contribution >= 4 is 29.1 Å². The Labute approximate surface area is 179 Å². The monoisotopic (exact) mass is 430 g/mol. The number of nitrogens with zero attached hydrogens (tertiary/aromatic N) is 2. The topological polar surface area (TPSA) is 89.0 Å². The lowest BCUT2D eigenvalue weighted by atomic mass is 9.95. The molecule has 30 heavy (non-hydrogen) atoms. The van der Waals surface area contributed by atoms with Crippen molar-refractivity contribution in [2.75, 3.05) is 27.4 Å². The van der Waals surface area contributed by atoms with E-state index in [0.29, 0.717) is 30.2 Å². The van der Waals surface area contributed by atoms with Gasteiger partial charge in [-0.05, 0) is 48.7 Å². The highest BCUT2D eigenvalue weighted by Crippen LogP contribution is 2.42. The second kappa shape index (κ2) is 9.28. The number of aromatic nitrogens is 1. The number of pyridine rings is 1. The van der Waals surface area contributed by atoms with Gasteiger partial charge in [0.15, 0.2) is 0 Å². The van der Waals surface area contributed by atoms with Gasteiger partial charge in [0.05, 0.1) is 29.3 Å². The fourth-order valence-corrected chi connectivity index (χ4v) is 3.99. The maximum absolute atomic E-state index is 13.0. The van der Waals surface area contributed by atoms with Crippen molar-refractivity contribution in [2.24, 2.45) is 0 Å². The minimum atomic E-state index is -0.758. The summed E-state index contributed by atoms with van der Waals surface area (Å²) in [5, 5.41) is 11.5. The molecule has 0 radical (unpaired) electrons. The lowest BCUT2D eigenvalue weighted by Crippen LogP contribution is -2.31. The number of Topliss-reactive ketones (excluding diaryl/α,β-unsaturated/α-hetero) is 1. The Hall–Kier alpha value is -2.90. The SMILES string of the molecule is COCCCN1C(=O)C(=O)/C(=C(/O)c2cc(C)cc(Cl)c2OC)C1c1ccncc1. The first-order valence-corrected chi connectivity index (χ1v) is 9.80. The van der Waals surface area contributed by atoms with E-state index in [2.05, 4.69) is 4.98 Å². The van der Waals surface area contributed by atoms with E-state index >= 15 is 0 Å². The summed E-state index contributed by atoms with van der Waals surface area (Å²) in [5.41, 5.74) is 1.69. The van der Waals surface area contributed by atoms with Crippen molar-refractivity contribution in [3.8, 4) is 5.75 Å². The molecule has 2 aromatic rings. The molecule has 2 heterocycles. The van der Waals surface area contributed by atoms with E-state index in [-0.39, 0.29) is 22.6 Å². The largest absolute Gasteiger partial charge is 0.507 e. The number of ketones is 1.